The average molecular weight is 513 g/mol. The van der Waals surface area contributed by atoms with E-state index in [1.807, 2.05) is 19.1 Å². The maximum atomic E-state index is 13.1. The highest BCUT2D eigenvalue weighted by atomic mass is 35.5. The Morgan fingerprint density at radius 3 is 2.77 bits per heavy atom. The highest BCUT2D eigenvalue weighted by Crippen LogP contribution is 2.36. The monoisotopic (exact) mass is 512 g/mol. The molecule has 1 aliphatic heterocycles. The third kappa shape index (κ3) is 3.87. The minimum Gasteiger partial charge on any atom is -0.301 e. The highest BCUT2D eigenvalue weighted by Gasteiger charge is 2.38. The lowest BCUT2D eigenvalue weighted by atomic mass is 10.0. The molecule has 1 N–H and O–H groups in total. The second-order valence-electron chi connectivity index (χ2n) is 7.19. The summed E-state index contributed by atoms with van der Waals surface area (Å²) in [6.45, 7) is 2.26. The van der Waals surface area contributed by atoms with E-state index in [1.165, 1.54) is 21.7 Å². The molecule has 0 aliphatic carbocycles. The fourth-order valence-electron chi connectivity index (χ4n) is 3.74. The number of anilines is 1. The molecule has 4 aromatic rings. The first-order chi connectivity index (χ1) is 14.8. The lowest BCUT2D eigenvalue weighted by molar-refractivity contribution is -0.120. The number of nitrogens with one attached hydrogen (secondary N) is 1. The minimum atomic E-state index is -3.80. The number of benzene rings is 1. The van der Waals surface area contributed by atoms with Crippen molar-refractivity contribution >= 4 is 87.1 Å². The Balaban J connectivity index is 1.44. The van der Waals surface area contributed by atoms with Crippen LogP contribution in [-0.2, 0) is 14.8 Å². The molecule has 1 aromatic carbocycles. The van der Waals surface area contributed by atoms with E-state index >= 15 is 0 Å². The van der Waals surface area contributed by atoms with Crippen LogP contribution >= 0.6 is 45.6 Å². The van der Waals surface area contributed by atoms with Gasteiger partial charge in [0.05, 0.1) is 24.3 Å². The molecule has 1 fully saturated rings. The molecule has 31 heavy (non-hydrogen) atoms. The van der Waals surface area contributed by atoms with Gasteiger partial charge in [-0.2, -0.15) is 4.31 Å². The smallest absolute Gasteiger partial charge is 0.253 e. The van der Waals surface area contributed by atoms with Crippen molar-refractivity contribution < 1.29 is 13.2 Å². The van der Waals surface area contributed by atoms with Crippen LogP contribution in [0.3, 0.4) is 0 Å². The number of nitrogens with zero attached hydrogens (tertiary/aromatic N) is 3. The summed E-state index contributed by atoms with van der Waals surface area (Å²) in [6, 6.07) is 6.16. The van der Waals surface area contributed by atoms with Crippen LogP contribution in [0.5, 0.6) is 0 Å². The van der Waals surface area contributed by atoms with Gasteiger partial charge in [0.15, 0.2) is 5.13 Å². The molecule has 12 heteroatoms. The van der Waals surface area contributed by atoms with Crippen LogP contribution in [0.15, 0.2) is 28.5 Å². The van der Waals surface area contributed by atoms with Gasteiger partial charge in [-0.05, 0) is 44.0 Å². The summed E-state index contributed by atoms with van der Waals surface area (Å²) in [5.41, 5.74) is 1.65. The van der Waals surface area contributed by atoms with E-state index in [9.17, 15) is 13.2 Å². The molecule has 0 radical (unpaired) electrons. The number of thiazole rings is 2. The molecule has 1 atom stereocenters. The normalized spacial score (nSPS) is 18.1. The Hall–Kier alpha value is -1.63. The summed E-state index contributed by atoms with van der Waals surface area (Å²) < 4.78 is 30.1. The third-order valence-electron chi connectivity index (χ3n) is 5.12. The first-order valence-corrected chi connectivity index (χ1v) is 13.8. The summed E-state index contributed by atoms with van der Waals surface area (Å²) in [6.07, 6.45) is 1.96. The Morgan fingerprint density at radius 2 is 2.00 bits per heavy atom. The van der Waals surface area contributed by atoms with Crippen molar-refractivity contribution in [1.82, 2.24) is 14.3 Å². The molecular formula is C19H17ClN4O3S4. The van der Waals surface area contributed by atoms with Crippen molar-refractivity contribution in [1.29, 1.82) is 0 Å². The molecule has 0 spiro atoms. The van der Waals surface area contributed by atoms with Gasteiger partial charge in [-0.25, -0.2) is 18.4 Å². The zero-order chi connectivity index (χ0) is 21.8. The van der Waals surface area contributed by atoms with Crippen LogP contribution in [0, 0.1) is 6.92 Å². The van der Waals surface area contributed by atoms with Gasteiger partial charge in [0.2, 0.25) is 5.91 Å². The summed E-state index contributed by atoms with van der Waals surface area (Å²) in [4.78, 5) is 22.2. The molecule has 1 saturated heterocycles. The van der Waals surface area contributed by atoms with Crippen molar-refractivity contribution in [2.75, 3.05) is 11.9 Å². The fourth-order valence-corrected chi connectivity index (χ4v) is 8.86. The van der Waals surface area contributed by atoms with Crippen LogP contribution in [0.1, 0.15) is 24.3 Å². The van der Waals surface area contributed by atoms with E-state index in [0.717, 1.165) is 43.2 Å². The first-order valence-electron chi connectivity index (χ1n) is 9.58. The lowest BCUT2D eigenvalue weighted by Gasteiger charge is -2.32. The maximum absolute atomic E-state index is 13.1. The molecule has 0 saturated carbocycles. The highest BCUT2D eigenvalue weighted by molar-refractivity contribution is 7.91. The van der Waals surface area contributed by atoms with E-state index in [1.54, 1.807) is 17.4 Å². The average Bonchev–Trinajstić information content (AvgIpc) is 3.45. The molecule has 1 amide bonds. The van der Waals surface area contributed by atoms with E-state index < -0.39 is 16.1 Å². The number of thiophene rings is 1. The van der Waals surface area contributed by atoms with Crippen LogP contribution < -0.4 is 5.32 Å². The second kappa shape index (κ2) is 8.05. The van der Waals surface area contributed by atoms with E-state index in [0.29, 0.717) is 28.9 Å². The predicted octanol–water partition coefficient (Wildman–Crippen LogP) is 5.11. The zero-order valence-electron chi connectivity index (χ0n) is 16.3. The van der Waals surface area contributed by atoms with Gasteiger partial charge in [-0.1, -0.05) is 29.4 Å². The van der Waals surface area contributed by atoms with Gasteiger partial charge < -0.3 is 5.32 Å². The van der Waals surface area contributed by atoms with Crippen molar-refractivity contribution in [2.24, 2.45) is 0 Å². The maximum Gasteiger partial charge on any atom is 0.253 e. The van der Waals surface area contributed by atoms with Gasteiger partial charge in [0, 0.05) is 6.54 Å². The van der Waals surface area contributed by atoms with E-state index in [-0.39, 0.29) is 10.1 Å². The minimum absolute atomic E-state index is 0.151. The van der Waals surface area contributed by atoms with Gasteiger partial charge in [0.1, 0.15) is 15.8 Å². The molecule has 1 aliphatic rings. The number of fused-ring (bicyclic) bond motifs is 3. The number of sulfonamides is 1. The van der Waals surface area contributed by atoms with Crippen LogP contribution in [0.25, 0.3) is 20.4 Å². The number of aryl methyl sites for hydroxylation is 1. The fraction of sp³-hybridized carbons (Fsp3) is 0.316. The van der Waals surface area contributed by atoms with Crippen molar-refractivity contribution in [3.05, 3.63) is 33.6 Å². The van der Waals surface area contributed by atoms with Crippen LogP contribution in [0.2, 0.25) is 4.34 Å². The van der Waals surface area contributed by atoms with E-state index in [4.69, 9.17) is 11.6 Å². The molecule has 0 bridgehead atoms. The number of amides is 1. The van der Waals surface area contributed by atoms with Crippen molar-refractivity contribution in [2.45, 2.75) is 36.4 Å². The number of carbonyl (C=O) groups excluding carboxylic acids is 1. The Bertz CT molecular complexity index is 1410. The van der Waals surface area contributed by atoms with Gasteiger partial charge in [-0.15, -0.1) is 22.7 Å². The molecule has 4 heterocycles. The number of rotatable bonds is 4. The van der Waals surface area contributed by atoms with Crippen LogP contribution in [-0.4, -0.2) is 41.2 Å². The van der Waals surface area contributed by atoms with Crippen LogP contribution in [0.4, 0.5) is 5.13 Å². The van der Waals surface area contributed by atoms with E-state index in [2.05, 4.69) is 15.3 Å². The Labute approximate surface area is 195 Å². The SMILES string of the molecule is Cc1nc2c(ccc3nc(NC(=O)C4CCCCN4S(=O)(=O)c4ccc(Cl)s4)sc32)s1. The largest absolute Gasteiger partial charge is 0.301 e. The Morgan fingerprint density at radius 1 is 1.16 bits per heavy atom. The lowest BCUT2D eigenvalue weighted by Crippen LogP contribution is -2.49. The third-order valence-corrected chi connectivity index (χ3v) is 10.7. The molecule has 5 rings (SSSR count). The number of carbonyl (C=O) groups is 1. The summed E-state index contributed by atoms with van der Waals surface area (Å²) in [5.74, 6) is -0.365. The molecule has 3 aromatic heterocycles. The number of aromatic nitrogens is 2. The molecule has 1 unspecified atom stereocenters. The summed E-state index contributed by atoms with van der Waals surface area (Å²) in [5, 5.41) is 4.26. The van der Waals surface area contributed by atoms with Gasteiger partial charge >= 0.3 is 0 Å². The number of halogens is 1. The number of piperidine rings is 1. The standard InChI is InChI=1S/C19H17ClN4O3S4/c1-10-21-16-13(28-10)6-5-11-17(16)30-19(22-11)23-18(25)12-4-2-3-9-24(12)31(26,27)15-8-7-14(20)29-15/h5-8,12H,2-4,9H2,1H3,(H,22,23,25). The topological polar surface area (TPSA) is 92.3 Å². The second-order valence-corrected chi connectivity index (χ2v) is 13.3. The molecule has 7 nitrogen and oxygen atoms in total. The Kier molecular flexibility index (Phi) is 5.51. The van der Waals surface area contributed by atoms with Gasteiger partial charge in [0.25, 0.3) is 10.0 Å². The van der Waals surface area contributed by atoms with Crippen molar-refractivity contribution in [3.63, 3.8) is 0 Å². The summed E-state index contributed by atoms with van der Waals surface area (Å²) in [7, 11) is -3.80. The van der Waals surface area contributed by atoms with Crippen molar-refractivity contribution in [3.8, 4) is 0 Å². The molecule has 162 valence electrons. The van der Waals surface area contributed by atoms with Gasteiger partial charge in [-0.3, -0.25) is 4.79 Å². The summed E-state index contributed by atoms with van der Waals surface area (Å²) >= 11 is 9.91. The molecular weight excluding hydrogens is 496 g/mol. The first kappa shape index (κ1) is 21.2. The predicted molar refractivity (Wildman–Crippen MR) is 127 cm³/mol. The number of hydrogen-bond donors (Lipinski definition) is 1. The number of hydrogen-bond acceptors (Lipinski definition) is 8. The quantitative estimate of drug-likeness (QED) is 0.410. The zero-order valence-corrected chi connectivity index (χ0v) is 20.3.